The van der Waals surface area contributed by atoms with E-state index in [1.807, 2.05) is 24.2 Å². The van der Waals surface area contributed by atoms with Gasteiger partial charge in [0.05, 0.1) is 11.9 Å². The van der Waals surface area contributed by atoms with Crippen LogP contribution in [0.2, 0.25) is 0 Å². The van der Waals surface area contributed by atoms with Crippen LogP contribution in [0, 0.1) is 18.8 Å². The van der Waals surface area contributed by atoms with Crippen molar-refractivity contribution in [2.45, 2.75) is 102 Å². The van der Waals surface area contributed by atoms with Gasteiger partial charge in [0.2, 0.25) is 0 Å². The third-order valence-corrected chi connectivity index (χ3v) is 7.13. The van der Waals surface area contributed by atoms with E-state index in [0.29, 0.717) is 0 Å². The number of rotatable bonds is 6. The van der Waals surface area contributed by atoms with Crippen molar-refractivity contribution < 1.29 is 0 Å². The molecule has 0 aliphatic carbocycles. The van der Waals surface area contributed by atoms with Crippen LogP contribution >= 0.6 is 11.8 Å². The van der Waals surface area contributed by atoms with E-state index in [2.05, 4.69) is 75.5 Å². The fourth-order valence-electron chi connectivity index (χ4n) is 4.51. The summed E-state index contributed by atoms with van der Waals surface area (Å²) in [5.41, 5.74) is 5.74. The van der Waals surface area contributed by atoms with E-state index >= 15 is 0 Å². The molecule has 2 aromatic rings. The van der Waals surface area contributed by atoms with Crippen molar-refractivity contribution in [3.05, 3.63) is 52.6 Å². The van der Waals surface area contributed by atoms with Crippen LogP contribution in [0.1, 0.15) is 101 Å². The Bertz CT molecular complexity index is 930. The summed E-state index contributed by atoms with van der Waals surface area (Å²) < 4.78 is 0.267. The zero-order chi connectivity index (χ0) is 21.8. The third kappa shape index (κ3) is 5.88. The van der Waals surface area contributed by atoms with Crippen molar-refractivity contribution in [2.75, 3.05) is 0 Å². The number of hydrogen-bond acceptors (Lipinski definition) is 3. The Labute approximate surface area is 187 Å². The number of fused-ring (bicyclic) bond motifs is 1. The Balaban J connectivity index is 1.72. The van der Waals surface area contributed by atoms with Crippen LogP contribution in [-0.2, 0) is 11.8 Å². The van der Waals surface area contributed by atoms with Gasteiger partial charge < -0.3 is 0 Å². The first kappa shape index (κ1) is 22.9. The fraction of sp³-hybridized carbons (Fsp3) is 0.556. The van der Waals surface area contributed by atoms with Crippen molar-refractivity contribution >= 4 is 11.8 Å². The number of thioether (sulfide) groups is 1. The lowest BCUT2D eigenvalue weighted by Crippen LogP contribution is -2.33. The smallest absolute Gasteiger partial charge is 0.131 e. The molecule has 30 heavy (non-hydrogen) atoms. The van der Waals surface area contributed by atoms with Crippen LogP contribution in [-0.4, -0.2) is 14.7 Å². The van der Waals surface area contributed by atoms with E-state index in [1.165, 1.54) is 54.5 Å². The van der Waals surface area contributed by atoms with Crippen molar-refractivity contribution in [3.63, 3.8) is 0 Å². The van der Waals surface area contributed by atoms with Crippen LogP contribution in [0.4, 0.5) is 0 Å². The molecule has 0 spiro atoms. The molecular formula is C27H36N2S. The monoisotopic (exact) mass is 420 g/mol. The topological polar surface area (TPSA) is 25.8 Å². The zero-order valence-electron chi connectivity index (χ0n) is 19.6. The Morgan fingerprint density at radius 1 is 0.967 bits per heavy atom. The standard InChI is InChI=1S/C27H36N2S/c1-7-8-9-10-11-12-22-17-29-23(18-28-22)14-13-21-16-24-25(15-20(21)2)30-27(5,6)19-26(24,3)4/h15-18H,7-12,19H2,1-6H3. The van der Waals surface area contributed by atoms with E-state index < -0.39 is 0 Å². The van der Waals surface area contributed by atoms with Crippen LogP contribution in [0.3, 0.4) is 0 Å². The average molecular weight is 421 g/mol. The largest absolute Gasteiger partial charge is 0.257 e. The minimum absolute atomic E-state index is 0.160. The molecule has 0 atom stereocenters. The summed E-state index contributed by atoms with van der Waals surface area (Å²) >= 11 is 2.00. The van der Waals surface area contributed by atoms with Gasteiger partial charge >= 0.3 is 0 Å². The number of unbranched alkanes of at least 4 members (excludes halogenated alkanes) is 4. The van der Waals surface area contributed by atoms with E-state index in [9.17, 15) is 0 Å². The van der Waals surface area contributed by atoms with Crippen molar-refractivity contribution in [1.82, 2.24) is 9.97 Å². The highest BCUT2D eigenvalue weighted by molar-refractivity contribution is 8.00. The first-order chi connectivity index (χ1) is 14.2. The van der Waals surface area contributed by atoms with Crippen LogP contribution < -0.4 is 0 Å². The van der Waals surface area contributed by atoms with Gasteiger partial charge in [0.1, 0.15) is 5.69 Å². The molecule has 0 radical (unpaired) electrons. The summed E-state index contributed by atoms with van der Waals surface area (Å²) in [5.74, 6) is 6.59. The number of aryl methyl sites for hydroxylation is 2. The number of nitrogens with zero attached hydrogens (tertiary/aromatic N) is 2. The van der Waals surface area contributed by atoms with Gasteiger partial charge in [0, 0.05) is 21.4 Å². The predicted molar refractivity (Wildman–Crippen MR) is 129 cm³/mol. The maximum Gasteiger partial charge on any atom is 0.131 e. The minimum Gasteiger partial charge on any atom is -0.257 e. The molecule has 0 N–H and O–H groups in total. The fourth-order valence-corrected chi connectivity index (χ4v) is 6.22. The molecule has 0 saturated heterocycles. The van der Waals surface area contributed by atoms with E-state index in [4.69, 9.17) is 0 Å². The summed E-state index contributed by atoms with van der Waals surface area (Å²) in [6.07, 6.45) is 12.3. The van der Waals surface area contributed by atoms with Gasteiger partial charge in [-0.15, -0.1) is 11.8 Å². The summed E-state index contributed by atoms with van der Waals surface area (Å²) in [6.45, 7) is 13.8. The Morgan fingerprint density at radius 2 is 1.73 bits per heavy atom. The minimum atomic E-state index is 0.160. The van der Waals surface area contributed by atoms with Crippen molar-refractivity contribution in [2.24, 2.45) is 0 Å². The second kappa shape index (κ2) is 9.56. The van der Waals surface area contributed by atoms with Crippen LogP contribution in [0.5, 0.6) is 0 Å². The molecule has 2 heterocycles. The SMILES string of the molecule is CCCCCCCc1cnc(C#Cc2cc3c(cc2C)SC(C)(C)CC3(C)C)cn1. The quantitative estimate of drug-likeness (QED) is 0.363. The highest BCUT2D eigenvalue weighted by atomic mass is 32.2. The van der Waals surface area contributed by atoms with Crippen LogP contribution in [0.15, 0.2) is 29.4 Å². The zero-order valence-corrected chi connectivity index (χ0v) is 20.4. The van der Waals surface area contributed by atoms with Gasteiger partial charge in [0.15, 0.2) is 0 Å². The molecule has 3 rings (SSSR count). The average Bonchev–Trinajstić information content (AvgIpc) is 2.66. The first-order valence-electron chi connectivity index (χ1n) is 11.4. The predicted octanol–water partition coefficient (Wildman–Crippen LogP) is 7.25. The van der Waals surface area contributed by atoms with E-state index in [0.717, 1.165) is 23.4 Å². The molecular weight excluding hydrogens is 384 g/mol. The lowest BCUT2D eigenvalue weighted by Gasteiger charge is -2.42. The highest BCUT2D eigenvalue weighted by Crippen LogP contribution is 2.51. The molecule has 0 bridgehead atoms. The van der Waals surface area contributed by atoms with Gasteiger partial charge in [-0.25, -0.2) is 4.98 Å². The summed E-state index contributed by atoms with van der Waals surface area (Å²) in [7, 11) is 0. The van der Waals surface area contributed by atoms with Gasteiger partial charge in [0.25, 0.3) is 0 Å². The summed E-state index contributed by atoms with van der Waals surface area (Å²) in [4.78, 5) is 10.5. The second-order valence-electron chi connectivity index (χ2n) is 9.89. The Morgan fingerprint density at radius 3 is 2.43 bits per heavy atom. The number of hydrogen-bond donors (Lipinski definition) is 0. The first-order valence-corrected chi connectivity index (χ1v) is 12.2. The molecule has 2 nitrogen and oxygen atoms in total. The number of aromatic nitrogens is 2. The van der Waals surface area contributed by atoms with E-state index in [-0.39, 0.29) is 10.2 Å². The maximum absolute atomic E-state index is 4.57. The van der Waals surface area contributed by atoms with Gasteiger partial charge in [-0.05, 0) is 60.8 Å². The lowest BCUT2D eigenvalue weighted by molar-refractivity contribution is 0.408. The normalized spacial score (nSPS) is 16.5. The third-order valence-electron chi connectivity index (χ3n) is 5.88. The van der Waals surface area contributed by atoms with Crippen LogP contribution in [0.25, 0.3) is 0 Å². The summed E-state index contributed by atoms with van der Waals surface area (Å²) in [5, 5.41) is 0. The maximum atomic E-state index is 4.57. The highest BCUT2D eigenvalue weighted by Gasteiger charge is 2.38. The van der Waals surface area contributed by atoms with Gasteiger partial charge in [-0.1, -0.05) is 66.2 Å². The molecule has 1 aromatic carbocycles. The molecule has 0 saturated carbocycles. The van der Waals surface area contributed by atoms with Crippen molar-refractivity contribution in [1.29, 1.82) is 0 Å². The van der Waals surface area contributed by atoms with Gasteiger partial charge in [-0.2, -0.15) is 0 Å². The molecule has 0 fully saturated rings. The molecule has 3 heteroatoms. The molecule has 1 aliphatic heterocycles. The molecule has 160 valence electrons. The lowest BCUT2D eigenvalue weighted by atomic mass is 9.76. The Hall–Kier alpha value is -1.79. The number of benzene rings is 1. The molecule has 1 aromatic heterocycles. The molecule has 1 aliphatic rings. The Kier molecular flexibility index (Phi) is 7.30. The molecule has 0 amide bonds. The summed E-state index contributed by atoms with van der Waals surface area (Å²) in [6, 6.07) is 4.62. The van der Waals surface area contributed by atoms with Crippen molar-refractivity contribution in [3.8, 4) is 11.8 Å². The van der Waals surface area contributed by atoms with E-state index in [1.54, 1.807) is 0 Å². The van der Waals surface area contributed by atoms with Gasteiger partial charge in [-0.3, -0.25) is 4.98 Å². The second-order valence-corrected chi connectivity index (χ2v) is 11.6. The molecule has 0 unspecified atom stereocenters.